The maximum atomic E-state index is 11.6. The van der Waals surface area contributed by atoms with Crippen LogP contribution in [0.15, 0.2) is 0 Å². The van der Waals surface area contributed by atoms with Gasteiger partial charge in [-0.05, 0) is 12.8 Å². The van der Waals surface area contributed by atoms with Gasteiger partial charge in [0.1, 0.15) is 6.04 Å². The van der Waals surface area contributed by atoms with E-state index in [9.17, 15) is 14.4 Å². The Morgan fingerprint density at radius 2 is 2.28 bits per heavy atom. The van der Waals surface area contributed by atoms with Crippen LogP contribution in [0.1, 0.15) is 32.6 Å². The molecular formula is C11H19N3O4. The van der Waals surface area contributed by atoms with E-state index in [0.717, 1.165) is 0 Å². The summed E-state index contributed by atoms with van der Waals surface area (Å²) in [6.07, 6.45) is 2.02. The van der Waals surface area contributed by atoms with Gasteiger partial charge in [0.25, 0.3) is 0 Å². The van der Waals surface area contributed by atoms with Crippen molar-refractivity contribution in [3.8, 4) is 0 Å². The van der Waals surface area contributed by atoms with Gasteiger partial charge in [0.05, 0.1) is 0 Å². The third kappa shape index (κ3) is 4.60. The molecule has 7 heteroatoms. The Labute approximate surface area is 105 Å². The van der Waals surface area contributed by atoms with Crippen molar-refractivity contribution in [2.24, 2.45) is 0 Å². The van der Waals surface area contributed by atoms with E-state index >= 15 is 0 Å². The molecule has 0 aromatic rings. The molecule has 1 rings (SSSR count). The van der Waals surface area contributed by atoms with E-state index in [4.69, 9.17) is 5.11 Å². The molecule has 7 nitrogen and oxygen atoms in total. The zero-order valence-electron chi connectivity index (χ0n) is 10.4. The summed E-state index contributed by atoms with van der Waals surface area (Å²) >= 11 is 0. The Morgan fingerprint density at radius 3 is 2.78 bits per heavy atom. The molecule has 102 valence electrons. The molecule has 0 bridgehead atoms. The van der Waals surface area contributed by atoms with Crippen LogP contribution in [0.4, 0.5) is 4.79 Å². The molecule has 1 aliphatic rings. The monoisotopic (exact) mass is 257 g/mol. The van der Waals surface area contributed by atoms with Crippen molar-refractivity contribution < 1.29 is 19.5 Å². The summed E-state index contributed by atoms with van der Waals surface area (Å²) in [6.45, 7) is 2.24. The van der Waals surface area contributed by atoms with E-state index in [1.165, 1.54) is 0 Å². The number of amides is 3. The highest BCUT2D eigenvalue weighted by atomic mass is 16.4. The number of hydrogen-bond acceptors (Lipinski definition) is 3. The van der Waals surface area contributed by atoms with Crippen molar-refractivity contribution >= 4 is 17.9 Å². The third-order valence-electron chi connectivity index (χ3n) is 2.78. The molecule has 18 heavy (non-hydrogen) atoms. The zero-order chi connectivity index (χ0) is 13.5. The molecule has 0 radical (unpaired) electrons. The lowest BCUT2D eigenvalue weighted by Gasteiger charge is -2.24. The van der Waals surface area contributed by atoms with Crippen molar-refractivity contribution in [2.45, 2.75) is 44.7 Å². The summed E-state index contributed by atoms with van der Waals surface area (Å²) in [5.74, 6) is -1.06. The Bertz CT molecular complexity index is 322. The van der Waals surface area contributed by atoms with Gasteiger partial charge in [-0.3, -0.25) is 4.79 Å². The summed E-state index contributed by atoms with van der Waals surface area (Å²) in [6, 6.07) is -1.51. The van der Waals surface area contributed by atoms with E-state index in [-0.39, 0.29) is 11.9 Å². The summed E-state index contributed by atoms with van der Waals surface area (Å²) in [5, 5.41) is 16.6. The lowest BCUT2D eigenvalue weighted by molar-refractivity contribution is -0.139. The van der Waals surface area contributed by atoms with Crippen molar-refractivity contribution in [1.82, 2.24) is 16.0 Å². The molecule has 2 unspecified atom stereocenters. The number of hydrogen-bond donors (Lipinski definition) is 4. The number of carbonyl (C=O) groups is 3. The average Bonchev–Trinajstić information content (AvgIpc) is 2.31. The van der Waals surface area contributed by atoms with Gasteiger partial charge in [0.15, 0.2) is 0 Å². The molecule has 0 aliphatic carbocycles. The van der Waals surface area contributed by atoms with Gasteiger partial charge in [-0.25, -0.2) is 9.59 Å². The Hall–Kier alpha value is -1.79. The highest BCUT2D eigenvalue weighted by molar-refractivity contribution is 5.83. The van der Waals surface area contributed by atoms with Crippen LogP contribution in [0.3, 0.4) is 0 Å². The number of piperidine rings is 1. The van der Waals surface area contributed by atoms with Crippen LogP contribution in [0.5, 0.6) is 0 Å². The molecule has 0 aromatic heterocycles. The van der Waals surface area contributed by atoms with Gasteiger partial charge in [-0.1, -0.05) is 13.3 Å². The van der Waals surface area contributed by atoms with Crippen LogP contribution in [0.25, 0.3) is 0 Å². The molecule has 4 N–H and O–H groups in total. The molecule has 1 aliphatic heterocycles. The van der Waals surface area contributed by atoms with Crippen LogP contribution in [0.2, 0.25) is 0 Å². The highest BCUT2D eigenvalue weighted by Gasteiger charge is 2.22. The molecular weight excluding hydrogens is 238 g/mol. The fourth-order valence-electron chi connectivity index (χ4n) is 1.79. The number of aliphatic carboxylic acids is 1. The number of rotatable bonds is 5. The molecule has 0 spiro atoms. The Morgan fingerprint density at radius 1 is 1.56 bits per heavy atom. The molecule has 1 fully saturated rings. The first kappa shape index (κ1) is 14.3. The predicted octanol–water partition coefficient (Wildman–Crippen LogP) is -0.182. The second-order valence-electron chi connectivity index (χ2n) is 4.34. The quantitative estimate of drug-likeness (QED) is 0.548. The SMILES string of the molecule is CCCC(NC(=O)NC1CCC(=O)NC1)C(=O)O. The van der Waals surface area contributed by atoms with Gasteiger partial charge in [0.2, 0.25) is 5.91 Å². The minimum absolute atomic E-state index is 0.0251. The Kier molecular flexibility index (Phi) is 5.41. The lowest BCUT2D eigenvalue weighted by Crippen LogP contribution is -2.53. The first-order valence-corrected chi connectivity index (χ1v) is 6.09. The second-order valence-corrected chi connectivity index (χ2v) is 4.34. The largest absolute Gasteiger partial charge is 0.480 e. The second kappa shape index (κ2) is 6.83. The van der Waals surface area contributed by atoms with Gasteiger partial charge in [-0.15, -0.1) is 0 Å². The third-order valence-corrected chi connectivity index (χ3v) is 2.78. The lowest BCUT2D eigenvalue weighted by atomic mass is 10.1. The number of urea groups is 1. The maximum absolute atomic E-state index is 11.6. The van der Waals surface area contributed by atoms with Crippen LogP contribution in [0, 0.1) is 0 Å². The predicted molar refractivity (Wildman–Crippen MR) is 64.0 cm³/mol. The summed E-state index contributed by atoms with van der Waals surface area (Å²) in [4.78, 5) is 33.4. The first-order valence-electron chi connectivity index (χ1n) is 6.09. The summed E-state index contributed by atoms with van der Waals surface area (Å²) < 4.78 is 0. The maximum Gasteiger partial charge on any atom is 0.326 e. The number of carbonyl (C=O) groups excluding carboxylic acids is 2. The topological polar surface area (TPSA) is 108 Å². The highest BCUT2D eigenvalue weighted by Crippen LogP contribution is 2.03. The minimum atomic E-state index is -1.04. The molecule has 1 heterocycles. The number of carboxylic acid groups (broad SMARTS) is 1. The Balaban J connectivity index is 2.35. The van der Waals surface area contributed by atoms with Crippen molar-refractivity contribution in [2.75, 3.05) is 6.54 Å². The van der Waals surface area contributed by atoms with Crippen LogP contribution < -0.4 is 16.0 Å². The van der Waals surface area contributed by atoms with Crippen molar-refractivity contribution in [3.63, 3.8) is 0 Å². The van der Waals surface area contributed by atoms with Gasteiger partial charge < -0.3 is 21.1 Å². The standard InChI is InChI=1S/C11H19N3O4/c1-2-3-8(10(16)17)14-11(18)13-7-4-5-9(15)12-6-7/h7-8H,2-6H2,1H3,(H,12,15)(H,16,17)(H2,13,14,18). The van der Waals surface area contributed by atoms with Gasteiger partial charge >= 0.3 is 12.0 Å². The summed E-state index contributed by atoms with van der Waals surface area (Å²) in [5.41, 5.74) is 0. The zero-order valence-corrected chi connectivity index (χ0v) is 10.4. The first-order chi connectivity index (χ1) is 8.52. The van der Waals surface area contributed by atoms with Crippen LogP contribution in [-0.2, 0) is 9.59 Å². The van der Waals surface area contributed by atoms with Crippen LogP contribution >= 0.6 is 0 Å². The number of nitrogens with one attached hydrogen (secondary N) is 3. The molecule has 1 saturated heterocycles. The van der Waals surface area contributed by atoms with E-state index < -0.39 is 18.0 Å². The van der Waals surface area contributed by atoms with E-state index in [1.54, 1.807) is 0 Å². The fraction of sp³-hybridized carbons (Fsp3) is 0.727. The normalized spacial score (nSPS) is 20.7. The van der Waals surface area contributed by atoms with E-state index in [0.29, 0.717) is 32.2 Å². The van der Waals surface area contributed by atoms with E-state index in [1.807, 2.05) is 6.92 Å². The molecule has 0 aromatic carbocycles. The molecule has 3 amide bonds. The van der Waals surface area contributed by atoms with E-state index in [2.05, 4.69) is 16.0 Å². The van der Waals surface area contributed by atoms with Crippen LogP contribution in [-0.4, -0.2) is 41.6 Å². The molecule has 0 saturated carbocycles. The average molecular weight is 257 g/mol. The molecule has 2 atom stereocenters. The van der Waals surface area contributed by atoms with Crippen molar-refractivity contribution in [3.05, 3.63) is 0 Å². The minimum Gasteiger partial charge on any atom is -0.480 e. The van der Waals surface area contributed by atoms with Gasteiger partial charge in [0, 0.05) is 19.0 Å². The fourth-order valence-corrected chi connectivity index (χ4v) is 1.79. The summed E-state index contributed by atoms with van der Waals surface area (Å²) in [7, 11) is 0. The van der Waals surface area contributed by atoms with Crippen molar-refractivity contribution in [1.29, 1.82) is 0 Å². The number of carboxylic acids is 1. The smallest absolute Gasteiger partial charge is 0.326 e. The van der Waals surface area contributed by atoms with Gasteiger partial charge in [-0.2, -0.15) is 0 Å².